The highest BCUT2D eigenvalue weighted by atomic mass is 35.5. The van der Waals surface area contributed by atoms with Gasteiger partial charge in [0.05, 0.1) is 6.61 Å². The Labute approximate surface area is 100 Å². The number of esters is 1. The Morgan fingerprint density at radius 1 is 1.56 bits per heavy atom. The molecule has 0 aliphatic heterocycles. The van der Waals surface area contributed by atoms with E-state index in [9.17, 15) is 4.79 Å². The number of rotatable bonds is 3. The van der Waals surface area contributed by atoms with E-state index < -0.39 is 0 Å². The Morgan fingerprint density at radius 2 is 2.25 bits per heavy atom. The smallest absolute Gasteiger partial charge is 0.330 e. The van der Waals surface area contributed by atoms with Crippen LogP contribution < -0.4 is 0 Å². The zero-order chi connectivity index (χ0) is 12.1. The molecule has 0 fully saturated rings. The lowest BCUT2D eigenvalue weighted by atomic mass is 10.1. The summed E-state index contributed by atoms with van der Waals surface area (Å²) in [5, 5.41) is 0.392. The molecule has 0 aliphatic carbocycles. The first kappa shape index (κ1) is 12.7. The first-order valence-electron chi connectivity index (χ1n) is 5.03. The fourth-order valence-electron chi connectivity index (χ4n) is 1.16. The van der Waals surface area contributed by atoms with Gasteiger partial charge >= 0.3 is 5.97 Å². The summed E-state index contributed by atoms with van der Waals surface area (Å²) in [5.41, 5.74) is 2.64. The van der Waals surface area contributed by atoms with Gasteiger partial charge in [-0.3, -0.25) is 0 Å². The summed E-state index contributed by atoms with van der Waals surface area (Å²) in [5.74, 6) is -0.378. The highest BCUT2D eigenvalue weighted by Gasteiger charge is 2.03. The van der Waals surface area contributed by atoms with E-state index in [1.165, 1.54) is 6.08 Å². The Kier molecular flexibility index (Phi) is 4.50. The molecule has 0 saturated carbocycles. The zero-order valence-corrected chi connectivity index (χ0v) is 10.3. The molecule has 1 heterocycles. The molecule has 0 saturated heterocycles. The van der Waals surface area contributed by atoms with Crippen molar-refractivity contribution in [1.29, 1.82) is 0 Å². The van der Waals surface area contributed by atoms with Gasteiger partial charge in [-0.2, -0.15) is 0 Å². The Bertz CT molecular complexity index is 427. The predicted octanol–water partition coefficient (Wildman–Crippen LogP) is 2.93. The summed E-state index contributed by atoms with van der Waals surface area (Å²) in [6, 6.07) is 1.89. The number of aromatic nitrogens is 1. The quantitative estimate of drug-likeness (QED) is 0.463. The molecule has 0 radical (unpaired) electrons. The average Bonchev–Trinajstić information content (AvgIpc) is 2.22. The van der Waals surface area contributed by atoms with Gasteiger partial charge in [0.1, 0.15) is 5.15 Å². The van der Waals surface area contributed by atoms with Crippen molar-refractivity contribution < 1.29 is 9.53 Å². The second-order valence-electron chi connectivity index (χ2n) is 3.36. The lowest BCUT2D eigenvalue weighted by Crippen LogP contribution is -1.99. The van der Waals surface area contributed by atoms with E-state index in [4.69, 9.17) is 16.3 Å². The van der Waals surface area contributed by atoms with Gasteiger partial charge in [0.2, 0.25) is 0 Å². The van der Waals surface area contributed by atoms with Crippen molar-refractivity contribution in [3.63, 3.8) is 0 Å². The second kappa shape index (κ2) is 5.66. The van der Waals surface area contributed by atoms with Crippen molar-refractivity contribution in [2.45, 2.75) is 20.8 Å². The Hall–Kier alpha value is -1.35. The Morgan fingerprint density at radius 3 is 2.88 bits per heavy atom. The predicted molar refractivity (Wildman–Crippen MR) is 64.4 cm³/mol. The van der Waals surface area contributed by atoms with Crippen molar-refractivity contribution in [3.8, 4) is 0 Å². The minimum Gasteiger partial charge on any atom is -0.463 e. The molecule has 4 heteroatoms. The van der Waals surface area contributed by atoms with E-state index in [0.29, 0.717) is 11.8 Å². The van der Waals surface area contributed by atoms with Crippen LogP contribution in [0.2, 0.25) is 5.15 Å². The summed E-state index contributed by atoms with van der Waals surface area (Å²) in [7, 11) is 0. The number of aryl methyl sites for hydroxylation is 2. The van der Waals surface area contributed by atoms with Gasteiger partial charge in [-0.15, -0.1) is 0 Å². The Balaban J connectivity index is 2.89. The molecule has 1 aromatic heterocycles. The third-order valence-corrected chi connectivity index (χ3v) is 2.44. The van der Waals surface area contributed by atoms with Gasteiger partial charge in [-0.05, 0) is 38.5 Å². The molecule has 0 aliphatic rings. The second-order valence-corrected chi connectivity index (χ2v) is 3.71. The number of hydrogen-bond donors (Lipinski definition) is 0. The van der Waals surface area contributed by atoms with E-state index in [-0.39, 0.29) is 5.97 Å². The van der Waals surface area contributed by atoms with Crippen LogP contribution in [0.4, 0.5) is 0 Å². The molecule has 0 atom stereocenters. The number of carbonyl (C=O) groups is 1. The van der Waals surface area contributed by atoms with Crippen molar-refractivity contribution >= 4 is 23.6 Å². The van der Waals surface area contributed by atoms with Crippen LogP contribution in [0.25, 0.3) is 6.08 Å². The van der Waals surface area contributed by atoms with E-state index in [0.717, 1.165) is 16.8 Å². The van der Waals surface area contributed by atoms with Crippen molar-refractivity contribution in [3.05, 3.63) is 34.1 Å². The fraction of sp³-hybridized carbons (Fsp3) is 0.333. The number of nitrogens with zero attached hydrogens (tertiary/aromatic N) is 1. The topological polar surface area (TPSA) is 39.2 Å². The minimum atomic E-state index is -0.378. The lowest BCUT2D eigenvalue weighted by Gasteiger charge is -2.03. The van der Waals surface area contributed by atoms with E-state index in [1.54, 1.807) is 13.0 Å². The molecular formula is C12H14ClNO2. The van der Waals surface area contributed by atoms with Crippen LogP contribution >= 0.6 is 11.6 Å². The third kappa shape index (κ3) is 3.35. The highest BCUT2D eigenvalue weighted by molar-refractivity contribution is 6.31. The average molecular weight is 240 g/mol. The summed E-state index contributed by atoms with van der Waals surface area (Å²) in [4.78, 5) is 15.3. The molecule has 16 heavy (non-hydrogen) atoms. The maximum Gasteiger partial charge on any atom is 0.330 e. The molecular weight excluding hydrogens is 226 g/mol. The van der Waals surface area contributed by atoms with E-state index in [2.05, 4.69) is 4.98 Å². The van der Waals surface area contributed by atoms with Gasteiger partial charge in [0.25, 0.3) is 0 Å². The van der Waals surface area contributed by atoms with Crippen molar-refractivity contribution in [1.82, 2.24) is 4.98 Å². The minimum absolute atomic E-state index is 0.363. The standard InChI is InChI=1S/C12H14ClNO2/c1-4-16-11(15)6-5-10-7-8(2)9(3)14-12(10)13/h5-7H,4H2,1-3H3/b6-5+. The molecule has 0 spiro atoms. The molecule has 1 rings (SSSR count). The van der Waals surface area contributed by atoms with Crippen LogP contribution in [0.1, 0.15) is 23.7 Å². The molecule has 86 valence electrons. The van der Waals surface area contributed by atoms with Crippen LogP contribution in [-0.2, 0) is 9.53 Å². The first-order valence-corrected chi connectivity index (χ1v) is 5.41. The lowest BCUT2D eigenvalue weighted by molar-refractivity contribution is -0.137. The van der Waals surface area contributed by atoms with Gasteiger partial charge in [-0.25, -0.2) is 9.78 Å². The van der Waals surface area contributed by atoms with Crippen molar-refractivity contribution in [2.24, 2.45) is 0 Å². The normalized spacial score (nSPS) is 10.8. The molecule has 0 bridgehead atoms. The van der Waals surface area contributed by atoms with Crippen LogP contribution in [0.5, 0.6) is 0 Å². The molecule has 0 aromatic carbocycles. The van der Waals surface area contributed by atoms with Gasteiger partial charge in [0.15, 0.2) is 0 Å². The molecule has 1 aromatic rings. The fourth-order valence-corrected chi connectivity index (χ4v) is 1.41. The van der Waals surface area contributed by atoms with E-state index >= 15 is 0 Å². The maximum atomic E-state index is 11.1. The van der Waals surface area contributed by atoms with E-state index in [1.807, 2.05) is 19.9 Å². The molecule has 3 nitrogen and oxygen atoms in total. The SMILES string of the molecule is CCOC(=O)/C=C/c1cc(C)c(C)nc1Cl. The highest BCUT2D eigenvalue weighted by Crippen LogP contribution is 2.18. The number of hydrogen-bond acceptors (Lipinski definition) is 3. The monoisotopic (exact) mass is 239 g/mol. The summed E-state index contributed by atoms with van der Waals surface area (Å²) < 4.78 is 4.77. The number of halogens is 1. The number of carbonyl (C=O) groups excluding carboxylic acids is 1. The molecule has 0 amide bonds. The number of pyridine rings is 1. The van der Waals surface area contributed by atoms with Gasteiger partial charge in [0, 0.05) is 17.3 Å². The summed E-state index contributed by atoms with van der Waals surface area (Å²) >= 11 is 5.95. The van der Waals surface area contributed by atoms with Crippen LogP contribution in [0.3, 0.4) is 0 Å². The zero-order valence-electron chi connectivity index (χ0n) is 9.58. The summed E-state index contributed by atoms with van der Waals surface area (Å²) in [6.07, 6.45) is 2.96. The molecule has 0 unspecified atom stereocenters. The number of ether oxygens (including phenoxy) is 1. The van der Waals surface area contributed by atoms with Crippen LogP contribution in [0, 0.1) is 13.8 Å². The van der Waals surface area contributed by atoms with Gasteiger partial charge < -0.3 is 4.74 Å². The summed E-state index contributed by atoms with van der Waals surface area (Å²) in [6.45, 7) is 5.96. The van der Waals surface area contributed by atoms with Gasteiger partial charge in [-0.1, -0.05) is 11.6 Å². The first-order chi connectivity index (χ1) is 7.54. The maximum absolute atomic E-state index is 11.1. The van der Waals surface area contributed by atoms with Crippen LogP contribution in [-0.4, -0.2) is 17.6 Å². The largest absolute Gasteiger partial charge is 0.463 e. The molecule has 0 N–H and O–H groups in total. The van der Waals surface area contributed by atoms with Crippen LogP contribution in [0.15, 0.2) is 12.1 Å². The van der Waals surface area contributed by atoms with Crippen molar-refractivity contribution in [2.75, 3.05) is 6.61 Å². The third-order valence-electron chi connectivity index (χ3n) is 2.13.